The monoisotopic (exact) mass is 624 g/mol. The smallest absolute Gasteiger partial charge is 0.408 e. The molecule has 9 nitrogen and oxygen atoms in total. The van der Waals surface area contributed by atoms with Crippen molar-refractivity contribution in [1.29, 1.82) is 0 Å². The number of esters is 1. The highest BCUT2D eigenvalue weighted by molar-refractivity contribution is 5.90. The molecule has 9 heteroatoms. The van der Waals surface area contributed by atoms with E-state index in [-0.39, 0.29) is 18.9 Å². The van der Waals surface area contributed by atoms with Crippen LogP contribution in [0.3, 0.4) is 0 Å². The van der Waals surface area contributed by atoms with Crippen molar-refractivity contribution in [3.63, 3.8) is 0 Å². The van der Waals surface area contributed by atoms with Crippen molar-refractivity contribution in [3.8, 4) is 11.5 Å². The van der Waals surface area contributed by atoms with Gasteiger partial charge in [0.05, 0.1) is 7.11 Å². The molecule has 0 aromatic heterocycles. The van der Waals surface area contributed by atoms with Crippen molar-refractivity contribution >= 4 is 18.0 Å². The molecule has 0 radical (unpaired) electrons. The van der Waals surface area contributed by atoms with Crippen molar-refractivity contribution in [2.24, 2.45) is 5.92 Å². The second-order valence-corrected chi connectivity index (χ2v) is 11.0. The van der Waals surface area contributed by atoms with E-state index in [1.165, 1.54) is 7.11 Å². The Morgan fingerprint density at radius 3 is 1.67 bits per heavy atom. The van der Waals surface area contributed by atoms with E-state index in [1.807, 2.05) is 97.1 Å². The maximum absolute atomic E-state index is 13.4. The summed E-state index contributed by atoms with van der Waals surface area (Å²) < 4.78 is 22.6. The molecule has 4 rings (SSSR count). The Kier molecular flexibility index (Phi) is 12.6. The molecule has 0 spiro atoms. The summed E-state index contributed by atoms with van der Waals surface area (Å²) in [7, 11) is 1.26. The Morgan fingerprint density at radius 1 is 0.630 bits per heavy atom. The van der Waals surface area contributed by atoms with Crippen LogP contribution in [0.15, 0.2) is 109 Å². The molecule has 0 aliphatic rings. The number of benzene rings is 4. The molecule has 0 saturated heterocycles. The van der Waals surface area contributed by atoms with Crippen LogP contribution in [-0.4, -0.2) is 37.2 Å². The molecule has 0 saturated carbocycles. The molecular formula is C37H40N2O7. The molecule has 0 fully saturated rings. The highest BCUT2D eigenvalue weighted by Gasteiger charge is 2.30. The normalized spacial score (nSPS) is 12.0. The van der Waals surface area contributed by atoms with Crippen LogP contribution in [0.4, 0.5) is 4.79 Å². The number of rotatable bonds is 15. The average molecular weight is 625 g/mol. The Morgan fingerprint density at radius 2 is 1.15 bits per heavy atom. The second kappa shape index (κ2) is 17.2. The molecule has 2 amide bonds. The molecule has 4 aromatic carbocycles. The first-order chi connectivity index (χ1) is 22.3. The molecule has 0 aliphatic carbocycles. The number of methoxy groups -OCH3 is 1. The van der Waals surface area contributed by atoms with Gasteiger partial charge in [0.1, 0.15) is 31.9 Å². The maximum Gasteiger partial charge on any atom is 0.408 e. The summed E-state index contributed by atoms with van der Waals surface area (Å²) in [6.45, 7) is 4.30. The van der Waals surface area contributed by atoms with Crippen molar-refractivity contribution in [3.05, 3.63) is 131 Å². The van der Waals surface area contributed by atoms with Gasteiger partial charge in [0, 0.05) is 6.42 Å². The number of ether oxygens (including phenoxy) is 4. The first-order valence-corrected chi connectivity index (χ1v) is 15.1. The van der Waals surface area contributed by atoms with Crippen LogP contribution in [0.1, 0.15) is 36.1 Å². The number of hydrogen-bond donors (Lipinski definition) is 2. The largest absolute Gasteiger partial charge is 0.485 e. The van der Waals surface area contributed by atoms with Gasteiger partial charge in [-0.3, -0.25) is 4.79 Å². The molecule has 240 valence electrons. The van der Waals surface area contributed by atoms with E-state index in [1.54, 1.807) is 26.0 Å². The minimum Gasteiger partial charge on any atom is -0.485 e. The SMILES string of the molecule is COC(=O)[C@@H](Cc1ccc(OCc2ccccc2)c(OCc2ccccc2)c1)NC(=O)[C@H](NC(=O)OCc1ccccc1)C(C)C. The standard InChI is InChI=1S/C37H40N2O7/c1-26(2)34(39-37(42)46-25-29-17-11-6-12-18-29)35(40)38-31(36(41)43-3)21-30-19-20-32(44-23-27-13-7-4-8-14-27)33(22-30)45-24-28-15-9-5-10-16-28/h4-20,22,26,31,34H,21,23-25H2,1-3H3,(H,38,40)(H,39,42)/t31-,34-/m1/s1. The number of carbonyl (C=O) groups is 3. The summed E-state index contributed by atoms with van der Waals surface area (Å²) in [6.07, 6.45) is -0.624. The lowest BCUT2D eigenvalue weighted by atomic mass is 10.0. The molecule has 0 bridgehead atoms. The minimum atomic E-state index is -1.03. The molecule has 0 aliphatic heterocycles. The fraction of sp³-hybridized carbons (Fsp3) is 0.270. The van der Waals surface area contributed by atoms with Gasteiger partial charge in [0.25, 0.3) is 0 Å². The third-order valence-electron chi connectivity index (χ3n) is 7.16. The number of carbonyl (C=O) groups excluding carboxylic acids is 3. The first kappa shape index (κ1) is 33.6. The fourth-order valence-corrected chi connectivity index (χ4v) is 4.64. The van der Waals surface area contributed by atoms with Gasteiger partial charge in [-0.15, -0.1) is 0 Å². The van der Waals surface area contributed by atoms with Crippen LogP contribution in [-0.2, 0) is 45.3 Å². The summed E-state index contributed by atoms with van der Waals surface area (Å²) in [5.41, 5.74) is 3.52. The lowest BCUT2D eigenvalue weighted by molar-refractivity contribution is -0.145. The van der Waals surface area contributed by atoms with E-state index in [4.69, 9.17) is 18.9 Å². The zero-order valence-corrected chi connectivity index (χ0v) is 26.3. The van der Waals surface area contributed by atoms with Crippen molar-refractivity contribution < 1.29 is 33.3 Å². The summed E-state index contributed by atoms with van der Waals surface area (Å²) in [6, 6.07) is 32.2. The van der Waals surface area contributed by atoms with E-state index >= 15 is 0 Å². The number of hydrogen-bond acceptors (Lipinski definition) is 7. The lowest BCUT2D eigenvalue weighted by Gasteiger charge is -2.24. The lowest BCUT2D eigenvalue weighted by Crippen LogP contribution is -2.54. The predicted molar refractivity (Wildman–Crippen MR) is 174 cm³/mol. The topological polar surface area (TPSA) is 112 Å². The van der Waals surface area contributed by atoms with Gasteiger partial charge in [-0.2, -0.15) is 0 Å². The predicted octanol–water partition coefficient (Wildman–Crippen LogP) is 6.00. The van der Waals surface area contributed by atoms with Crippen LogP contribution in [0.5, 0.6) is 11.5 Å². The zero-order chi connectivity index (χ0) is 32.7. The van der Waals surface area contributed by atoms with E-state index in [2.05, 4.69) is 10.6 Å². The highest BCUT2D eigenvalue weighted by atomic mass is 16.5. The summed E-state index contributed by atoms with van der Waals surface area (Å²) in [5, 5.41) is 5.39. The summed E-state index contributed by atoms with van der Waals surface area (Å²) >= 11 is 0. The van der Waals surface area contributed by atoms with Gasteiger partial charge in [-0.05, 0) is 40.3 Å². The van der Waals surface area contributed by atoms with Gasteiger partial charge in [-0.25, -0.2) is 9.59 Å². The number of nitrogens with one attached hydrogen (secondary N) is 2. The Bertz CT molecular complexity index is 1550. The maximum atomic E-state index is 13.4. The molecule has 2 atom stereocenters. The highest BCUT2D eigenvalue weighted by Crippen LogP contribution is 2.31. The van der Waals surface area contributed by atoms with Crippen LogP contribution < -0.4 is 20.1 Å². The molecule has 46 heavy (non-hydrogen) atoms. The third kappa shape index (κ3) is 10.4. The summed E-state index contributed by atoms with van der Waals surface area (Å²) in [5.74, 6) is -0.416. The molecule has 0 heterocycles. The molecule has 2 N–H and O–H groups in total. The first-order valence-electron chi connectivity index (χ1n) is 15.1. The van der Waals surface area contributed by atoms with Gasteiger partial charge >= 0.3 is 12.1 Å². The Labute approximate surface area is 269 Å². The van der Waals surface area contributed by atoms with Gasteiger partial charge < -0.3 is 29.6 Å². The third-order valence-corrected chi connectivity index (χ3v) is 7.16. The van der Waals surface area contributed by atoms with Gasteiger partial charge in [-0.1, -0.05) is 111 Å². The van der Waals surface area contributed by atoms with Crippen molar-refractivity contribution in [2.45, 2.75) is 52.2 Å². The quantitative estimate of drug-likeness (QED) is 0.156. The Hall–Kier alpha value is -5.31. The van der Waals surface area contributed by atoms with Crippen molar-refractivity contribution in [2.75, 3.05) is 7.11 Å². The van der Waals surface area contributed by atoms with Crippen LogP contribution in [0.25, 0.3) is 0 Å². The van der Waals surface area contributed by atoms with E-state index in [0.717, 1.165) is 16.7 Å². The van der Waals surface area contributed by atoms with Gasteiger partial charge in [0.15, 0.2) is 11.5 Å². The van der Waals surface area contributed by atoms with E-state index in [0.29, 0.717) is 30.3 Å². The van der Waals surface area contributed by atoms with Gasteiger partial charge in [0.2, 0.25) is 5.91 Å². The van der Waals surface area contributed by atoms with Crippen molar-refractivity contribution in [1.82, 2.24) is 10.6 Å². The number of alkyl carbamates (subject to hydrolysis) is 1. The fourth-order valence-electron chi connectivity index (χ4n) is 4.64. The van der Waals surface area contributed by atoms with Crippen LogP contribution in [0, 0.1) is 5.92 Å². The Balaban J connectivity index is 1.46. The average Bonchev–Trinajstić information content (AvgIpc) is 3.08. The van der Waals surface area contributed by atoms with Crippen LogP contribution >= 0.6 is 0 Å². The summed E-state index contributed by atoms with van der Waals surface area (Å²) in [4.78, 5) is 38.8. The van der Waals surface area contributed by atoms with E-state index < -0.39 is 30.1 Å². The molecular weight excluding hydrogens is 584 g/mol. The number of amides is 2. The minimum absolute atomic E-state index is 0.0592. The van der Waals surface area contributed by atoms with Crippen LogP contribution in [0.2, 0.25) is 0 Å². The second-order valence-electron chi connectivity index (χ2n) is 11.0. The molecule has 4 aromatic rings. The zero-order valence-electron chi connectivity index (χ0n) is 26.3. The van der Waals surface area contributed by atoms with E-state index in [9.17, 15) is 14.4 Å². The molecule has 0 unspecified atom stereocenters.